The number of hydrogen-bond acceptors (Lipinski definition) is 1. The summed E-state index contributed by atoms with van der Waals surface area (Å²) in [5.41, 5.74) is 3.04. The first-order valence-electron chi connectivity index (χ1n) is 6.59. The topological polar surface area (TPSA) is 17.8 Å². The summed E-state index contributed by atoms with van der Waals surface area (Å²) in [6, 6.07) is 13.9. The van der Waals surface area contributed by atoms with Crippen molar-refractivity contribution >= 4 is 50.2 Å². The summed E-state index contributed by atoms with van der Waals surface area (Å²) >= 11 is 16.1. The minimum Gasteiger partial charge on any atom is -0.322 e. The Balaban J connectivity index is 2.17. The van der Waals surface area contributed by atoms with Crippen molar-refractivity contribution in [3.05, 3.63) is 63.3 Å². The van der Waals surface area contributed by atoms with E-state index in [1.54, 1.807) is 0 Å². The van der Waals surface area contributed by atoms with Crippen LogP contribution in [-0.2, 0) is 6.54 Å². The molecular weight excluding hydrogens is 371 g/mol. The predicted octanol–water partition coefficient (Wildman–Crippen LogP) is 5.80. The molecule has 0 saturated carbocycles. The van der Waals surface area contributed by atoms with E-state index < -0.39 is 0 Å². The molecule has 0 spiro atoms. The molecule has 1 aromatic heterocycles. The van der Waals surface area contributed by atoms with E-state index in [0.29, 0.717) is 6.54 Å². The Labute approximate surface area is 141 Å². The molecule has 0 amide bonds. The Morgan fingerprint density at radius 3 is 2.71 bits per heavy atom. The highest BCUT2D eigenvalue weighted by molar-refractivity contribution is 9.10. The number of halogens is 3. The molecule has 0 aliphatic heterocycles. The zero-order valence-electron chi connectivity index (χ0n) is 11.4. The fourth-order valence-electron chi connectivity index (χ4n) is 2.38. The van der Waals surface area contributed by atoms with Gasteiger partial charge in [-0.15, -0.1) is 11.6 Å². The number of fused-ring (bicyclic) bond motifs is 1. The fourth-order valence-corrected chi connectivity index (χ4v) is 3.09. The third-order valence-corrected chi connectivity index (χ3v) is 4.44. The number of imidazole rings is 1. The molecule has 3 rings (SSSR count). The Morgan fingerprint density at radius 2 is 2.00 bits per heavy atom. The zero-order chi connectivity index (χ0) is 15.0. The Hall–Kier alpha value is -1.03. The maximum absolute atomic E-state index is 6.30. The highest BCUT2D eigenvalue weighted by atomic mass is 79.9. The minimum absolute atomic E-state index is 0.168. The third-order valence-electron chi connectivity index (χ3n) is 3.38. The van der Waals surface area contributed by atoms with Gasteiger partial charge in [0.15, 0.2) is 0 Å². The number of hydrogen-bond donors (Lipinski definition) is 0. The van der Waals surface area contributed by atoms with Crippen LogP contribution in [0, 0.1) is 0 Å². The molecule has 3 aromatic rings. The van der Waals surface area contributed by atoms with E-state index in [1.165, 1.54) is 0 Å². The van der Waals surface area contributed by atoms with Crippen LogP contribution in [0.3, 0.4) is 0 Å². The normalized spacial score (nSPS) is 12.8. The maximum Gasteiger partial charge on any atom is 0.128 e. The molecule has 0 N–H and O–H groups in total. The van der Waals surface area contributed by atoms with Crippen molar-refractivity contribution in [3.63, 3.8) is 0 Å². The summed E-state index contributed by atoms with van der Waals surface area (Å²) in [4.78, 5) is 4.65. The summed E-state index contributed by atoms with van der Waals surface area (Å²) in [6.45, 7) is 2.58. The van der Waals surface area contributed by atoms with Crippen LogP contribution in [0.4, 0.5) is 0 Å². The van der Waals surface area contributed by atoms with Gasteiger partial charge in [-0.1, -0.05) is 45.7 Å². The molecule has 0 bridgehead atoms. The van der Waals surface area contributed by atoms with Crippen molar-refractivity contribution in [2.24, 2.45) is 0 Å². The Kier molecular flexibility index (Phi) is 4.25. The smallest absolute Gasteiger partial charge is 0.128 e. The van der Waals surface area contributed by atoms with Crippen molar-refractivity contribution in [2.45, 2.75) is 18.8 Å². The van der Waals surface area contributed by atoms with Crippen molar-refractivity contribution < 1.29 is 0 Å². The summed E-state index contributed by atoms with van der Waals surface area (Å²) in [7, 11) is 0. The first-order valence-corrected chi connectivity index (χ1v) is 8.20. The van der Waals surface area contributed by atoms with Crippen LogP contribution in [0.15, 0.2) is 46.9 Å². The van der Waals surface area contributed by atoms with E-state index >= 15 is 0 Å². The second-order valence-electron chi connectivity index (χ2n) is 4.90. The second kappa shape index (κ2) is 5.99. The standard InChI is InChI=1S/C16H13BrCl2N2/c1-10(18)16-20-14-7-6-12(17)8-15(14)21(16)9-11-4-2-3-5-13(11)19/h2-8,10H,9H2,1H3. The largest absolute Gasteiger partial charge is 0.322 e. The van der Waals surface area contributed by atoms with Crippen LogP contribution in [0.25, 0.3) is 11.0 Å². The molecule has 5 heteroatoms. The van der Waals surface area contributed by atoms with Gasteiger partial charge in [0.2, 0.25) is 0 Å². The molecule has 0 aliphatic carbocycles. The van der Waals surface area contributed by atoms with Crippen LogP contribution in [0.2, 0.25) is 5.02 Å². The second-order valence-corrected chi connectivity index (χ2v) is 6.87. The molecule has 2 nitrogen and oxygen atoms in total. The van der Waals surface area contributed by atoms with Crippen molar-refractivity contribution in [1.29, 1.82) is 0 Å². The van der Waals surface area contributed by atoms with Gasteiger partial charge in [-0.2, -0.15) is 0 Å². The summed E-state index contributed by atoms with van der Waals surface area (Å²) < 4.78 is 3.14. The summed E-state index contributed by atoms with van der Waals surface area (Å²) in [6.07, 6.45) is 0. The Morgan fingerprint density at radius 1 is 1.24 bits per heavy atom. The van der Waals surface area contributed by atoms with Gasteiger partial charge in [0.25, 0.3) is 0 Å². The molecule has 0 fully saturated rings. The minimum atomic E-state index is -0.168. The summed E-state index contributed by atoms with van der Waals surface area (Å²) in [5, 5.41) is 0.584. The first kappa shape index (κ1) is 14.9. The Bertz CT molecular complexity index is 796. The summed E-state index contributed by atoms with van der Waals surface area (Å²) in [5.74, 6) is 0.852. The van der Waals surface area contributed by atoms with Crippen molar-refractivity contribution in [2.75, 3.05) is 0 Å². The zero-order valence-corrected chi connectivity index (χ0v) is 14.5. The van der Waals surface area contributed by atoms with E-state index in [1.807, 2.05) is 43.3 Å². The lowest BCUT2D eigenvalue weighted by molar-refractivity contribution is 0.742. The van der Waals surface area contributed by atoms with Gasteiger partial charge in [-0.25, -0.2) is 4.98 Å². The molecule has 1 unspecified atom stereocenters. The maximum atomic E-state index is 6.30. The monoisotopic (exact) mass is 382 g/mol. The first-order chi connectivity index (χ1) is 10.1. The number of rotatable bonds is 3. The lowest BCUT2D eigenvalue weighted by atomic mass is 10.2. The van der Waals surface area contributed by atoms with Gasteiger partial charge in [-0.05, 0) is 36.8 Å². The lowest BCUT2D eigenvalue weighted by Gasteiger charge is -2.12. The van der Waals surface area contributed by atoms with Gasteiger partial charge >= 0.3 is 0 Å². The average molecular weight is 384 g/mol. The molecular formula is C16H13BrCl2N2. The van der Waals surface area contributed by atoms with E-state index in [0.717, 1.165) is 31.9 Å². The van der Waals surface area contributed by atoms with E-state index in [2.05, 4.69) is 31.5 Å². The fraction of sp³-hybridized carbons (Fsp3) is 0.188. The van der Waals surface area contributed by atoms with Crippen LogP contribution in [0.1, 0.15) is 23.7 Å². The van der Waals surface area contributed by atoms with Gasteiger partial charge in [-0.3, -0.25) is 0 Å². The van der Waals surface area contributed by atoms with Crippen LogP contribution in [0.5, 0.6) is 0 Å². The number of alkyl halides is 1. The van der Waals surface area contributed by atoms with Crippen molar-refractivity contribution in [3.8, 4) is 0 Å². The van der Waals surface area contributed by atoms with Gasteiger partial charge in [0, 0.05) is 9.50 Å². The predicted molar refractivity (Wildman–Crippen MR) is 92.3 cm³/mol. The van der Waals surface area contributed by atoms with Crippen LogP contribution < -0.4 is 0 Å². The third kappa shape index (κ3) is 2.96. The molecule has 0 saturated heterocycles. The van der Waals surface area contributed by atoms with E-state index in [4.69, 9.17) is 23.2 Å². The van der Waals surface area contributed by atoms with Gasteiger partial charge < -0.3 is 4.57 Å². The molecule has 0 radical (unpaired) electrons. The molecule has 108 valence electrons. The molecule has 2 aromatic carbocycles. The van der Waals surface area contributed by atoms with Crippen LogP contribution in [-0.4, -0.2) is 9.55 Å². The molecule has 1 heterocycles. The highest BCUT2D eigenvalue weighted by Crippen LogP contribution is 2.28. The van der Waals surface area contributed by atoms with Crippen LogP contribution >= 0.6 is 39.1 Å². The number of nitrogens with zero attached hydrogens (tertiary/aromatic N) is 2. The SMILES string of the molecule is CC(Cl)c1nc2ccc(Br)cc2n1Cc1ccccc1Cl. The van der Waals surface area contributed by atoms with Gasteiger partial charge in [0.1, 0.15) is 5.82 Å². The van der Waals surface area contributed by atoms with E-state index in [-0.39, 0.29) is 5.38 Å². The van der Waals surface area contributed by atoms with E-state index in [9.17, 15) is 0 Å². The van der Waals surface area contributed by atoms with Crippen molar-refractivity contribution in [1.82, 2.24) is 9.55 Å². The highest BCUT2D eigenvalue weighted by Gasteiger charge is 2.16. The van der Waals surface area contributed by atoms with Gasteiger partial charge in [0.05, 0.1) is 23.0 Å². The molecule has 21 heavy (non-hydrogen) atoms. The number of aromatic nitrogens is 2. The molecule has 0 aliphatic rings. The quantitative estimate of drug-likeness (QED) is 0.522. The number of benzene rings is 2. The lowest BCUT2D eigenvalue weighted by Crippen LogP contribution is -2.06. The average Bonchev–Trinajstić information content (AvgIpc) is 2.80. The molecule has 1 atom stereocenters.